The van der Waals surface area contributed by atoms with Gasteiger partial charge in [0.25, 0.3) is 11.1 Å². The molecule has 3 amide bonds. The maximum atomic E-state index is 12.6. The number of thioether (sulfide) groups is 1. The van der Waals surface area contributed by atoms with Gasteiger partial charge < -0.3 is 15.0 Å². The van der Waals surface area contributed by atoms with E-state index in [-0.39, 0.29) is 30.0 Å². The van der Waals surface area contributed by atoms with Gasteiger partial charge in [0.2, 0.25) is 5.91 Å². The zero-order valence-electron chi connectivity index (χ0n) is 17.6. The van der Waals surface area contributed by atoms with E-state index in [1.54, 1.807) is 25.3 Å². The first-order valence-electron chi connectivity index (χ1n) is 10.3. The number of carbonyl (C=O) groups is 3. The largest absolute Gasteiger partial charge is 0.497 e. The molecule has 0 bridgehead atoms. The minimum absolute atomic E-state index is 0.0591. The minimum atomic E-state index is -0.373. The molecule has 1 aliphatic heterocycles. The van der Waals surface area contributed by atoms with E-state index in [2.05, 4.69) is 10.3 Å². The standard InChI is InChI=1S/C24H23N3O4S/c1-31-18-8-6-16(7-9-18)14-21-23(29)27(24(30)32-21)13-11-22(28)25-12-10-17-15-26-20-5-3-2-4-19(17)20/h2-9,14-15,26H,10-13H2,1H3,(H,25,28)/b21-14+. The van der Waals surface area contributed by atoms with Crippen molar-refractivity contribution in [1.82, 2.24) is 15.2 Å². The van der Waals surface area contributed by atoms with Crippen LogP contribution in [0.25, 0.3) is 17.0 Å². The van der Waals surface area contributed by atoms with Crippen LogP contribution in [-0.4, -0.2) is 47.1 Å². The van der Waals surface area contributed by atoms with Gasteiger partial charge in [0.05, 0.1) is 12.0 Å². The number of amides is 3. The number of fused-ring (bicyclic) bond motifs is 1. The van der Waals surface area contributed by atoms with Crippen LogP contribution in [0.3, 0.4) is 0 Å². The number of methoxy groups -OCH3 is 1. The van der Waals surface area contributed by atoms with Gasteiger partial charge in [-0.05, 0) is 53.6 Å². The van der Waals surface area contributed by atoms with E-state index < -0.39 is 0 Å². The van der Waals surface area contributed by atoms with Crippen LogP contribution in [-0.2, 0) is 16.0 Å². The molecule has 0 saturated carbocycles. The molecule has 0 atom stereocenters. The van der Waals surface area contributed by atoms with Gasteiger partial charge in [-0.25, -0.2) is 0 Å². The van der Waals surface area contributed by atoms with Crippen molar-refractivity contribution in [2.24, 2.45) is 0 Å². The van der Waals surface area contributed by atoms with Crippen molar-refractivity contribution in [2.75, 3.05) is 20.2 Å². The molecule has 8 heteroatoms. The summed E-state index contributed by atoms with van der Waals surface area (Å²) in [6, 6.07) is 15.2. The third-order valence-corrected chi connectivity index (χ3v) is 6.15. The smallest absolute Gasteiger partial charge is 0.293 e. The van der Waals surface area contributed by atoms with Gasteiger partial charge in [-0.15, -0.1) is 0 Å². The first-order valence-corrected chi connectivity index (χ1v) is 11.1. The second-order valence-electron chi connectivity index (χ2n) is 7.32. The number of H-pyrrole nitrogens is 1. The Morgan fingerprint density at radius 1 is 1.16 bits per heavy atom. The molecule has 1 aromatic heterocycles. The molecule has 0 radical (unpaired) electrons. The second kappa shape index (κ2) is 9.74. The molecule has 1 fully saturated rings. The average molecular weight is 450 g/mol. The fraction of sp³-hybridized carbons (Fsp3) is 0.208. The molecule has 0 spiro atoms. The highest BCUT2D eigenvalue weighted by molar-refractivity contribution is 8.18. The summed E-state index contributed by atoms with van der Waals surface area (Å²) in [4.78, 5) is 41.8. The third kappa shape index (κ3) is 4.86. The highest BCUT2D eigenvalue weighted by Gasteiger charge is 2.34. The van der Waals surface area contributed by atoms with E-state index >= 15 is 0 Å². The lowest BCUT2D eigenvalue weighted by atomic mass is 10.1. The first-order chi connectivity index (χ1) is 15.5. The average Bonchev–Trinajstić information content (AvgIpc) is 3.33. The van der Waals surface area contributed by atoms with Crippen molar-refractivity contribution in [2.45, 2.75) is 12.8 Å². The summed E-state index contributed by atoms with van der Waals surface area (Å²) in [5.41, 5.74) is 3.00. The Kier molecular flexibility index (Phi) is 6.61. The van der Waals surface area contributed by atoms with Crippen molar-refractivity contribution in [1.29, 1.82) is 0 Å². The molecule has 4 rings (SSSR count). The molecule has 3 aromatic rings. The SMILES string of the molecule is COc1ccc(/C=C2/SC(=O)N(CCC(=O)NCCc3c[nH]c4ccccc34)C2=O)cc1. The van der Waals surface area contributed by atoms with Crippen LogP contribution < -0.4 is 10.1 Å². The second-order valence-corrected chi connectivity index (χ2v) is 8.31. The van der Waals surface area contributed by atoms with Crippen LogP contribution in [0, 0.1) is 0 Å². The Morgan fingerprint density at radius 3 is 2.72 bits per heavy atom. The minimum Gasteiger partial charge on any atom is -0.497 e. The molecule has 2 N–H and O–H groups in total. The molecule has 2 heterocycles. The van der Waals surface area contributed by atoms with Crippen molar-refractivity contribution in [3.05, 3.63) is 70.8 Å². The van der Waals surface area contributed by atoms with Gasteiger partial charge >= 0.3 is 0 Å². The summed E-state index contributed by atoms with van der Waals surface area (Å²) in [5, 5.41) is 3.65. The number of aromatic nitrogens is 1. The molecular formula is C24H23N3O4S. The fourth-order valence-electron chi connectivity index (χ4n) is 3.52. The Bertz CT molecular complexity index is 1180. The topological polar surface area (TPSA) is 91.5 Å². The summed E-state index contributed by atoms with van der Waals surface area (Å²) < 4.78 is 5.12. The monoisotopic (exact) mass is 449 g/mol. The van der Waals surface area contributed by atoms with Gasteiger partial charge in [-0.3, -0.25) is 19.3 Å². The van der Waals surface area contributed by atoms with E-state index in [1.165, 1.54) is 0 Å². The molecular weight excluding hydrogens is 426 g/mol. The number of nitrogens with one attached hydrogen (secondary N) is 2. The van der Waals surface area contributed by atoms with Crippen LogP contribution in [0.1, 0.15) is 17.5 Å². The summed E-state index contributed by atoms with van der Waals surface area (Å²) in [5.74, 6) is 0.149. The Hall–Kier alpha value is -3.52. The van der Waals surface area contributed by atoms with Crippen LogP contribution in [0.5, 0.6) is 5.75 Å². The maximum absolute atomic E-state index is 12.6. The maximum Gasteiger partial charge on any atom is 0.293 e. The number of hydrogen-bond acceptors (Lipinski definition) is 5. The number of hydrogen-bond donors (Lipinski definition) is 2. The normalized spacial score (nSPS) is 15.0. The predicted molar refractivity (Wildman–Crippen MR) is 125 cm³/mol. The van der Waals surface area contributed by atoms with Gasteiger partial charge in [0.1, 0.15) is 5.75 Å². The van der Waals surface area contributed by atoms with Crippen LogP contribution in [0.4, 0.5) is 4.79 Å². The van der Waals surface area contributed by atoms with E-state index in [0.29, 0.717) is 23.6 Å². The van der Waals surface area contributed by atoms with Gasteiger partial charge in [-0.2, -0.15) is 0 Å². The van der Waals surface area contributed by atoms with E-state index in [4.69, 9.17) is 4.74 Å². The number of ether oxygens (including phenoxy) is 1. The molecule has 1 saturated heterocycles. The van der Waals surface area contributed by atoms with E-state index in [0.717, 1.165) is 38.7 Å². The van der Waals surface area contributed by atoms with Crippen molar-refractivity contribution < 1.29 is 19.1 Å². The number of benzene rings is 2. The zero-order chi connectivity index (χ0) is 22.5. The lowest BCUT2D eigenvalue weighted by Gasteiger charge is -2.12. The zero-order valence-corrected chi connectivity index (χ0v) is 18.4. The van der Waals surface area contributed by atoms with Crippen LogP contribution >= 0.6 is 11.8 Å². The fourth-order valence-corrected chi connectivity index (χ4v) is 4.39. The molecule has 1 aliphatic rings. The first kappa shape index (κ1) is 21.7. The third-order valence-electron chi connectivity index (χ3n) is 5.24. The summed E-state index contributed by atoms with van der Waals surface area (Å²) in [7, 11) is 1.58. The molecule has 164 valence electrons. The molecule has 0 unspecified atom stereocenters. The molecule has 32 heavy (non-hydrogen) atoms. The summed E-state index contributed by atoms with van der Waals surface area (Å²) in [6.07, 6.45) is 4.39. The number of imide groups is 1. The summed E-state index contributed by atoms with van der Waals surface area (Å²) >= 11 is 0.888. The Balaban J connectivity index is 1.27. The van der Waals surface area contributed by atoms with Gasteiger partial charge in [-0.1, -0.05) is 30.3 Å². The van der Waals surface area contributed by atoms with Crippen molar-refractivity contribution in [3.63, 3.8) is 0 Å². The molecule has 0 aliphatic carbocycles. The van der Waals surface area contributed by atoms with Crippen molar-refractivity contribution >= 4 is 45.8 Å². The number of carbonyl (C=O) groups excluding carboxylic acids is 3. The predicted octanol–water partition coefficient (Wildman–Crippen LogP) is 3.96. The highest BCUT2D eigenvalue weighted by Crippen LogP contribution is 2.32. The lowest BCUT2D eigenvalue weighted by molar-refractivity contribution is -0.124. The lowest BCUT2D eigenvalue weighted by Crippen LogP contribution is -2.34. The van der Waals surface area contributed by atoms with Crippen LogP contribution in [0.2, 0.25) is 0 Å². The van der Waals surface area contributed by atoms with Gasteiger partial charge in [0.15, 0.2) is 0 Å². The molecule has 2 aromatic carbocycles. The Labute approximate surface area is 189 Å². The van der Waals surface area contributed by atoms with Crippen molar-refractivity contribution in [3.8, 4) is 5.75 Å². The quantitative estimate of drug-likeness (QED) is 0.508. The number of aromatic amines is 1. The molecule has 7 nitrogen and oxygen atoms in total. The van der Waals surface area contributed by atoms with E-state index in [9.17, 15) is 14.4 Å². The number of rotatable bonds is 8. The Morgan fingerprint density at radius 2 is 1.94 bits per heavy atom. The van der Waals surface area contributed by atoms with E-state index in [1.807, 2.05) is 42.6 Å². The van der Waals surface area contributed by atoms with Crippen LogP contribution in [0.15, 0.2) is 59.6 Å². The number of para-hydroxylation sites is 1. The highest BCUT2D eigenvalue weighted by atomic mass is 32.2. The van der Waals surface area contributed by atoms with Gasteiger partial charge in [0, 0.05) is 36.6 Å². The summed E-state index contributed by atoms with van der Waals surface area (Å²) in [6.45, 7) is 0.545. The number of nitrogens with zero attached hydrogens (tertiary/aromatic N) is 1.